The Labute approximate surface area is 113 Å². The summed E-state index contributed by atoms with van der Waals surface area (Å²) in [5, 5.41) is 0. The van der Waals surface area contributed by atoms with Gasteiger partial charge in [-0.3, -0.25) is 9.69 Å². The summed E-state index contributed by atoms with van der Waals surface area (Å²) in [6, 6.07) is 0.493. The van der Waals surface area contributed by atoms with Crippen molar-refractivity contribution in [3.05, 3.63) is 27.4 Å². The smallest absolute Gasteiger partial charge is 0.254 e. The Morgan fingerprint density at radius 2 is 2.26 bits per heavy atom. The quantitative estimate of drug-likeness (QED) is 0.866. The fourth-order valence-electron chi connectivity index (χ4n) is 2.92. The Morgan fingerprint density at radius 3 is 3.05 bits per heavy atom. The van der Waals surface area contributed by atoms with Gasteiger partial charge in [-0.15, -0.1) is 0 Å². The van der Waals surface area contributed by atoms with Crippen LogP contribution in [0.25, 0.3) is 0 Å². The van der Waals surface area contributed by atoms with Crippen LogP contribution in [0.4, 0.5) is 0 Å². The molecular formula is C14H21N3O2. The second-order valence-electron chi connectivity index (χ2n) is 5.68. The van der Waals surface area contributed by atoms with Gasteiger partial charge in [0.25, 0.3) is 5.56 Å². The van der Waals surface area contributed by atoms with Crippen LogP contribution in [0.1, 0.15) is 43.5 Å². The number of fused-ring (bicyclic) bond motifs is 1. The van der Waals surface area contributed by atoms with Gasteiger partial charge >= 0.3 is 0 Å². The van der Waals surface area contributed by atoms with Crippen LogP contribution in [0, 0.1) is 0 Å². The average Bonchev–Trinajstić information content (AvgIpc) is 2.87. The molecule has 1 aliphatic heterocycles. The number of nitrogens with one attached hydrogen (secondary N) is 1. The van der Waals surface area contributed by atoms with E-state index < -0.39 is 0 Å². The average molecular weight is 263 g/mol. The van der Waals surface area contributed by atoms with Crippen molar-refractivity contribution in [1.29, 1.82) is 0 Å². The van der Waals surface area contributed by atoms with Crippen LogP contribution in [-0.4, -0.2) is 40.6 Å². The first kappa shape index (κ1) is 12.8. The van der Waals surface area contributed by atoms with Gasteiger partial charge in [0.15, 0.2) is 0 Å². The maximum absolute atomic E-state index is 12.0. The summed E-state index contributed by atoms with van der Waals surface area (Å²) in [7, 11) is 0. The summed E-state index contributed by atoms with van der Waals surface area (Å²) in [4.78, 5) is 21.9. The van der Waals surface area contributed by atoms with Gasteiger partial charge in [0.05, 0.1) is 12.3 Å². The zero-order chi connectivity index (χ0) is 13.4. The molecule has 0 amide bonds. The predicted molar refractivity (Wildman–Crippen MR) is 72.3 cm³/mol. The van der Waals surface area contributed by atoms with Gasteiger partial charge in [-0.05, 0) is 33.1 Å². The topological polar surface area (TPSA) is 58.2 Å². The zero-order valence-electron chi connectivity index (χ0n) is 11.6. The van der Waals surface area contributed by atoms with Gasteiger partial charge in [0, 0.05) is 24.7 Å². The molecule has 3 rings (SSSR count). The number of aromatic amines is 1. The van der Waals surface area contributed by atoms with E-state index in [4.69, 9.17) is 4.74 Å². The number of hydrogen-bond acceptors (Lipinski definition) is 4. The molecule has 19 heavy (non-hydrogen) atoms. The second kappa shape index (κ2) is 5.06. The lowest BCUT2D eigenvalue weighted by Gasteiger charge is -2.35. The lowest BCUT2D eigenvalue weighted by molar-refractivity contribution is -0.0444. The van der Waals surface area contributed by atoms with Gasteiger partial charge in [-0.25, -0.2) is 4.98 Å². The highest BCUT2D eigenvalue weighted by Crippen LogP contribution is 2.22. The Hall–Kier alpha value is -1.20. The monoisotopic (exact) mass is 263 g/mol. The predicted octanol–water partition coefficient (Wildman–Crippen LogP) is 1.04. The van der Waals surface area contributed by atoms with Crippen molar-refractivity contribution in [1.82, 2.24) is 14.9 Å². The van der Waals surface area contributed by atoms with E-state index in [1.165, 1.54) is 0 Å². The van der Waals surface area contributed by atoms with Gasteiger partial charge in [-0.2, -0.15) is 0 Å². The number of ether oxygens (including phenoxy) is 1. The Kier molecular flexibility index (Phi) is 3.41. The molecule has 1 aromatic rings. The summed E-state index contributed by atoms with van der Waals surface area (Å²) >= 11 is 0. The number of H-pyrrole nitrogens is 1. The van der Waals surface area contributed by atoms with Gasteiger partial charge < -0.3 is 9.72 Å². The van der Waals surface area contributed by atoms with E-state index in [0.29, 0.717) is 18.5 Å². The molecule has 5 nitrogen and oxygen atoms in total. The molecule has 1 fully saturated rings. The first-order chi connectivity index (χ1) is 9.15. The first-order valence-electron chi connectivity index (χ1n) is 7.13. The third-order valence-corrected chi connectivity index (χ3v) is 4.09. The zero-order valence-corrected chi connectivity index (χ0v) is 11.6. The molecule has 0 saturated carbocycles. The Bertz CT molecular complexity index is 524. The third kappa shape index (κ3) is 2.44. The SMILES string of the molecule is CC(C)N1CCOC(c2nc3c(c(=O)[nH]2)CCC3)C1. The lowest BCUT2D eigenvalue weighted by Crippen LogP contribution is -2.43. The molecule has 1 N–H and O–H groups in total. The molecule has 1 aliphatic carbocycles. The van der Waals surface area contributed by atoms with Gasteiger partial charge in [-0.1, -0.05) is 0 Å². The van der Waals surface area contributed by atoms with Crippen LogP contribution in [0.15, 0.2) is 4.79 Å². The molecule has 1 saturated heterocycles. The number of morpholine rings is 1. The van der Waals surface area contributed by atoms with Crippen LogP contribution in [0.2, 0.25) is 0 Å². The standard InChI is InChI=1S/C14H21N3O2/c1-9(2)17-6-7-19-12(8-17)13-15-11-5-3-4-10(11)14(18)16-13/h9,12H,3-8H2,1-2H3,(H,15,16,18). The number of aryl methyl sites for hydroxylation is 1. The summed E-state index contributed by atoms with van der Waals surface area (Å²) in [5.41, 5.74) is 1.88. The largest absolute Gasteiger partial charge is 0.368 e. The number of rotatable bonds is 2. The van der Waals surface area contributed by atoms with Crippen LogP contribution in [0.5, 0.6) is 0 Å². The van der Waals surface area contributed by atoms with Crippen LogP contribution < -0.4 is 5.56 Å². The molecule has 1 atom stereocenters. The van der Waals surface area contributed by atoms with E-state index in [0.717, 1.165) is 43.6 Å². The minimum Gasteiger partial charge on any atom is -0.368 e. The molecule has 2 heterocycles. The maximum Gasteiger partial charge on any atom is 0.254 e. The number of hydrogen-bond donors (Lipinski definition) is 1. The molecular weight excluding hydrogens is 242 g/mol. The maximum atomic E-state index is 12.0. The van der Waals surface area contributed by atoms with Crippen molar-refractivity contribution in [3.8, 4) is 0 Å². The van der Waals surface area contributed by atoms with E-state index in [1.54, 1.807) is 0 Å². The fourth-order valence-corrected chi connectivity index (χ4v) is 2.92. The van der Waals surface area contributed by atoms with Crippen molar-refractivity contribution < 1.29 is 4.74 Å². The van der Waals surface area contributed by atoms with Crippen molar-refractivity contribution in [3.63, 3.8) is 0 Å². The molecule has 0 aromatic carbocycles. The van der Waals surface area contributed by atoms with Crippen LogP contribution >= 0.6 is 0 Å². The van der Waals surface area contributed by atoms with Gasteiger partial charge in [0.1, 0.15) is 11.9 Å². The Balaban J connectivity index is 1.86. The van der Waals surface area contributed by atoms with Crippen LogP contribution in [-0.2, 0) is 17.6 Å². The van der Waals surface area contributed by atoms with E-state index in [2.05, 4.69) is 28.7 Å². The summed E-state index contributed by atoms with van der Waals surface area (Å²) in [5.74, 6) is 0.705. The molecule has 1 aromatic heterocycles. The highest BCUT2D eigenvalue weighted by atomic mass is 16.5. The minimum atomic E-state index is -0.102. The molecule has 0 bridgehead atoms. The van der Waals surface area contributed by atoms with E-state index >= 15 is 0 Å². The first-order valence-corrected chi connectivity index (χ1v) is 7.13. The van der Waals surface area contributed by atoms with Crippen molar-refractivity contribution in [2.75, 3.05) is 19.7 Å². The van der Waals surface area contributed by atoms with E-state index in [9.17, 15) is 4.79 Å². The molecule has 2 aliphatic rings. The molecule has 1 unspecified atom stereocenters. The summed E-state index contributed by atoms with van der Waals surface area (Å²) in [6.07, 6.45) is 2.72. The van der Waals surface area contributed by atoms with E-state index in [1.807, 2.05) is 0 Å². The third-order valence-electron chi connectivity index (χ3n) is 4.09. The number of aromatic nitrogens is 2. The van der Waals surface area contributed by atoms with Crippen LogP contribution in [0.3, 0.4) is 0 Å². The van der Waals surface area contributed by atoms with Crippen molar-refractivity contribution in [2.45, 2.75) is 45.3 Å². The number of nitrogens with zero attached hydrogens (tertiary/aromatic N) is 2. The molecule has 0 spiro atoms. The summed E-state index contributed by atoms with van der Waals surface area (Å²) < 4.78 is 5.78. The minimum absolute atomic E-state index is 0.0303. The van der Waals surface area contributed by atoms with Crippen molar-refractivity contribution in [2.24, 2.45) is 0 Å². The molecule has 104 valence electrons. The molecule has 0 radical (unpaired) electrons. The highest BCUT2D eigenvalue weighted by Gasteiger charge is 2.27. The normalized spacial score (nSPS) is 23.8. The van der Waals surface area contributed by atoms with Crippen molar-refractivity contribution >= 4 is 0 Å². The second-order valence-corrected chi connectivity index (χ2v) is 5.68. The lowest BCUT2D eigenvalue weighted by atomic mass is 10.2. The highest BCUT2D eigenvalue weighted by molar-refractivity contribution is 5.23. The fraction of sp³-hybridized carbons (Fsp3) is 0.714. The van der Waals surface area contributed by atoms with E-state index in [-0.39, 0.29) is 11.7 Å². The van der Waals surface area contributed by atoms with Gasteiger partial charge in [0.2, 0.25) is 0 Å². The molecule has 5 heteroatoms. The Morgan fingerprint density at radius 1 is 1.42 bits per heavy atom. The summed E-state index contributed by atoms with van der Waals surface area (Å²) in [6.45, 7) is 6.81.